The van der Waals surface area contributed by atoms with Gasteiger partial charge < -0.3 is 19.3 Å². The van der Waals surface area contributed by atoms with E-state index in [4.69, 9.17) is 9.47 Å². The number of carbonyl (C=O) groups is 2. The molecule has 0 aliphatic carbocycles. The van der Waals surface area contributed by atoms with Crippen molar-refractivity contribution in [1.82, 2.24) is 0 Å². The third-order valence-corrected chi connectivity index (χ3v) is 5.85. The number of nitrogens with one attached hydrogen (secondary N) is 1. The summed E-state index contributed by atoms with van der Waals surface area (Å²) in [5.74, 6) is 0.557. The zero-order chi connectivity index (χ0) is 20.0. The van der Waals surface area contributed by atoms with Gasteiger partial charge in [-0.1, -0.05) is 0 Å². The van der Waals surface area contributed by atoms with Crippen molar-refractivity contribution in [2.24, 2.45) is 0 Å². The average molecular weight is 398 g/mol. The van der Waals surface area contributed by atoms with E-state index in [0.717, 1.165) is 36.8 Å². The van der Waals surface area contributed by atoms with Crippen LogP contribution in [0.15, 0.2) is 42.5 Å². The first kappa shape index (κ1) is 17.9. The van der Waals surface area contributed by atoms with Crippen LogP contribution in [0, 0.1) is 5.82 Å². The molecule has 3 aliphatic heterocycles. The van der Waals surface area contributed by atoms with Crippen LogP contribution in [0.25, 0.3) is 0 Å². The van der Waals surface area contributed by atoms with Gasteiger partial charge in [0.05, 0.1) is 38.3 Å². The van der Waals surface area contributed by atoms with Crippen molar-refractivity contribution in [3.8, 4) is 11.5 Å². The van der Waals surface area contributed by atoms with Gasteiger partial charge in [-0.2, -0.15) is 0 Å². The molecular formula is C21H21FN3O4+. The van der Waals surface area contributed by atoms with Crippen LogP contribution >= 0.6 is 0 Å². The van der Waals surface area contributed by atoms with Crippen LogP contribution in [-0.2, 0) is 9.59 Å². The summed E-state index contributed by atoms with van der Waals surface area (Å²) in [6, 6.07) is 11.2. The van der Waals surface area contributed by atoms with Crippen LogP contribution < -0.4 is 24.2 Å². The maximum Gasteiger partial charge on any atom is 0.292 e. The van der Waals surface area contributed by atoms with E-state index in [-0.39, 0.29) is 36.9 Å². The normalized spacial score (nSPS) is 21.9. The lowest BCUT2D eigenvalue weighted by Gasteiger charge is -2.35. The predicted octanol–water partition coefficient (Wildman–Crippen LogP) is 0.591. The zero-order valence-electron chi connectivity index (χ0n) is 15.8. The van der Waals surface area contributed by atoms with E-state index >= 15 is 0 Å². The van der Waals surface area contributed by atoms with Gasteiger partial charge in [-0.3, -0.25) is 9.59 Å². The van der Waals surface area contributed by atoms with Crippen molar-refractivity contribution >= 4 is 23.2 Å². The molecular weight excluding hydrogens is 377 g/mol. The molecule has 150 valence electrons. The van der Waals surface area contributed by atoms with Gasteiger partial charge >= 0.3 is 0 Å². The van der Waals surface area contributed by atoms with Crippen molar-refractivity contribution < 1.29 is 28.4 Å². The predicted molar refractivity (Wildman–Crippen MR) is 103 cm³/mol. The minimum atomic E-state index is -0.372. The third kappa shape index (κ3) is 3.19. The molecule has 29 heavy (non-hydrogen) atoms. The highest BCUT2D eigenvalue weighted by molar-refractivity contribution is 6.22. The maximum absolute atomic E-state index is 13.1. The van der Waals surface area contributed by atoms with Gasteiger partial charge in [0.25, 0.3) is 5.91 Å². The highest BCUT2D eigenvalue weighted by Crippen LogP contribution is 2.36. The molecule has 5 rings (SSSR count). The Morgan fingerprint density at radius 1 is 0.931 bits per heavy atom. The van der Waals surface area contributed by atoms with Crippen molar-refractivity contribution in [1.29, 1.82) is 0 Å². The molecule has 0 bridgehead atoms. The van der Waals surface area contributed by atoms with Crippen LogP contribution in [0.3, 0.4) is 0 Å². The number of halogens is 1. The van der Waals surface area contributed by atoms with E-state index in [0.29, 0.717) is 17.2 Å². The van der Waals surface area contributed by atoms with E-state index in [1.807, 2.05) is 0 Å². The largest absolute Gasteiger partial charge is 0.454 e. The quantitative estimate of drug-likeness (QED) is 0.767. The van der Waals surface area contributed by atoms with Gasteiger partial charge in [-0.15, -0.1) is 0 Å². The Hall–Kier alpha value is -3.13. The van der Waals surface area contributed by atoms with Crippen LogP contribution in [0.5, 0.6) is 11.5 Å². The molecule has 0 aromatic heterocycles. The van der Waals surface area contributed by atoms with Crippen molar-refractivity contribution in [2.45, 2.75) is 12.5 Å². The Morgan fingerprint density at radius 2 is 1.62 bits per heavy atom. The SMILES string of the molecule is O=C1C[C@@H]([NH+]2CCN(c3ccc(F)cc3)CC2)C(=O)N1c1ccc2c(c1)OCO2. The number of rotatable bonds is 3. The first-order valence-corrected chi connectivity index (χ1v) is 9.72. The van der Waals surface area contributed by atoms with Crippen LogP contribution in [-0.4, -0.2) is 50.8 Å². The number of amides is 2. The zero-order valence-corrected chi connectivity index (χ0v) is 15.8. The summed E-state index contributed by atoms with van der Waals surface area (Å²) in [5, 5.41) is 0. The minimum Gasteiger partial charge on any atom is -0.454 e. The van der Waals surface area contributed by atoms with E-state index in [2.05, 4.69) is 4.90 Å². The lowest BCUT2D eigenvalue weighted by Crippen LogP contribution is -3.19. The number of quaternary nitrogens is 1. The minimum absolute atomic E-state index is 0.145. The smallest absolute Gasteiger partial charge is 0.292 e. The highest BCUT2D eigenvalue weighted by Gasteiger charge is 2.46. The van der Waals surface area contributed by atoms with Gasteiger partial charge in [0.1, 0.15) is 5.82 Å². The highest BCUT2D eigenvalue weighted by atomic mass is 19.1. The molecule has 2 amide bonds. The number of hydrogen-bond donors (Lipinski definition) is 1. The Morgan fingerprint density at radius 3 is 2.38 bits per heavy atom. The fourth-order valence-electron chi connectivity index (χ4n) is 4.30. The molecule has 3 aliphatic rings. The number of benzene rings is 2. The van der Waals surface area contributed by atoms with Crippen molar-refractivity contribution in [2.75, 3.05) is 42.8 Å². The van der Waals surface area contributed by atoms with Gasteiger partial charge in [-0.05, 0) is 36.4 Å². The molecule has 2 aromatic rings. The molecule has 0 saturated carbocycles. The van der Waals surface area contributed by atoms with Gasteiger partial charge in [0.2, 0.25) is 12.7 Å². The lowest BCUT2D eigenvalue weighted by atomic mass is 10.1. The number of anilines is 2. The Labute approximate surface area is 167 Å². The molecule has 2 aromatic carbocycles. The molecule has 2 fully saturated rings. The maximum atomic E-state index is 13.1. The number of imide groups is 1. The van der Waals surface area contributed by atoms with Crippen LogP contribution in [0.2, 0.25) is 0 Å². The summed E-state index contributed by atoms with van der Waals surface area (Å²) >= 11 is 0. The van der Waals surface area contributed by atoms with E-state index in [9.17, 15) is 14.0 Å². The monoisotopic (exact) mass is 398 g/mol. The molecule has 1 N–H and O–H groups in total. The van der Waals surface area contributed by atoms with E-state index in [1.54, 1.807) is 30.3 Å². The Bertz CT molecular complexity index is 957. The number of fused-ring (bicyclic) bond motifs is 1. The summed E-state index contributed by atoms with van der Waals surface area (Å²) in [4.78, 5) is 30.3. The van der Waals surface area contributed by atoms with Crippen LogP contribution in [0.1, 0.15) is 6.42 Å². The van der Waals surface area contributed by atoms with Crippen molar-refractivity contribution in [3.05, 3.63) is 48.3 Å². The summed E-state index contributed by atoms with van der Waals surface area (Å²) < 4.78 is 23.8. The number of ether oxygens (including phenoxy) is 2. The second-order valence-corrected chi connectivity index (χ2v) is 7.48. The van der Waals surface area contributed by atoms with Gasteiger partial charge in [0, 0.05) is 11.8 Å². The topological polar surface area (TPSA) is 63.5 Å². The fraction of sp³-hybridized carbons (Fsp3) is 0.333. The van der Waals surface area contributed by atoms with Gasteiger partial charge in [0.15, 0.2) is 17.5 Å². The average Bonchev–Trinajstić information content (AvgIpc) is 3.32. The summed E-state index contributed by atoms with van der Waals surface area (Å²) in [6.45, 7) is 3.14. The Kier molecular flexibility index (Phi) is 4.35. The Balaban J connectivity index is 1.27. The van der Waals surface area contributed by atoms with E-state index < -0.39 is 0 Å². The number of nitrogens with zero attached hydrogens (tertiary/aromatic N) is 2. The number of carbonyl (C=O) groups excluding carboxylic acids is 2. The second kappa shape index (κ2) is 7.04. The summed E-state index contributed by atoms with van der Waals surface area (Å²) in [5.41, 5.74) is 1.50. The number of piperazine rings is 1. The van der Waals surface area contributed by atoms with Crippen molar-refractivity contribution in [3.63, 3.8) is 0 Å². The number of hydrogen-bond acceptors (Lipinski definition) is 5. The molecule has 0 spiro atoms. The van der Waals surface area contributed by atoms with Gasteiger partial charge in [-0.25, -0.2) is 9.29 Å². The summed E-state index contributed by atoms with van der Waals surface area (Å²) in [6.07, 6.45) is 0.207. The molecule has 0 unspecified atom stereocenters. The second-order valence-electron chi connectivity index (χ2n) is 7.48. The molecule has 7 nitrogen and oxygen atoms in total. The van der Waals surface area contributed by atoms with E-state index in [1.165, 1.54) is 17.0 Å². The molecule has 2 saturated heterocycles. The fourth-order valence-corrected chi connectivity index (χ4v) is 4.30. The standard InChI is InChI=1S/C21H20FN3O4/c22-14-1-3-15(4-2-14)23-7-9-24(10-8-23)17-12-20(26)25(21(17)27)16-5-6-18-19(11-16)29-13-28-18/h1-6,11,17H,7-10,12-13H2/p+1/t17-/m1/s1. The first-order chi connectivity index (χ1) is 14.1. The molecule has 1 atom stereocenters. The third-order valence-electron chi connectivity index (χ3n) is 5.85. The summed E-state index contributed by atoms with van der Waals surface area (Å²) in [7, 11) is 0. The molecule has 3 heterocycles. The lowest BCUT2D eigenvalue weighted by molar-refractivity contribution is -0.915. The first-order valence-electron chi connectivity index (χ1n) is 9.72. The molecule has 0 radical (unpaired) electrons. The van der Waals surface area contributed by atoms with Crippen LogP contribution in [0.4, 0.5) is 15.8 Å². The molecule has 8 heteroatoms.